The molecule has 0 spiro atoms. The first-order valence-electron chi connectivity index (χ1n) is 8.12. The molecule has 0 aliphatic rings. The first-order chi connectivity index (χ1) is 9.90. The lowest BCUT2D eigenvalue weighted by atomic mass is 10.5. The Morgan fingerprint density at radius 2 is 1.08 bits per heavy atom. The van der Waals surface area contributed by atoms with Gasteiger partial charge in [0, 0.05) is 0 Å². The van der Waals surface area contributed by atoms with Crippen LogP contribution in [0.3, 0.4) is 0 Å². The largest absolute Gasteiger partial charge is 0.346 e. The van der Waals surface area contributed by atoms with Gasteiger partial charge in [-0.05, 0) is 31.6 Å². The Morgan fingerprint density at radius 3 is 1.25 bits per heavy atom. The third kappa shape index (κ3) is 20.5. The van der Waals surface area contributed by atoms with Crippen molar-refractivity contribution in [3.63, 3.8) is 0 Å². The first kappa shape index (κ1) is 30.9. The zero-order valence-electron chi connectivity index (χ0n) is 16.6. The molecule has 0 amide bonds. The van der Waals surface area contributed by atoms with E-state index in [-0.39, 0.29) is 6.15 Å². The van der Waals surface area contributed by atoms with Crippen molar-refractivity contribution in [2.45, 2.75) is 77.7 Å². The molecule has 0 aromatic heterocycles. The molecule has 0 unspecified atom stereocenters. The fourth-order valence-corrected chi connectivity index (χ4v) is 16.1. The van der Waals surface area contributed by atoms with E-state index >= 15 is 0 Å². The molecule has 2 nitrogen and oxygen atoms in total. The number of nitrogens with zero attached hydrogens (tertiary/aromatic N) is 1. The van der Waals surface area contributed by atoms with Gasteiger partial charge in [-0.25, -0.2) is 0 Å². The summed E-state index contributed by atoms with van der Waals surface area (Å²) in [4.78, 5) is 0. The summed E-state index contributed by atoms with van der Waals surface area (Å²) in [5, 5.41) is 0. The molecule has 11 heteroatoms. The van der Waals surface area contributed by atoms with Gasteiger partial charge in [-0.1, -0.05) is 52.6 Å². The van der Waals surface area contributed by atoms with Crippen molar-refractivity contribution in [1.29, 1.82) is 0 Å². The predicted octanol–water partition coefficient (Wildman–Crippen LogP) is 8.11. The van der Waals surface area contributed by atoms with E-state index in [2.05, 4.69) is 43.5 Å². The smallest absolute Gasteiger partial charge is 0.341 e. The maximum absolute atomic E-state index is 6.15. The summed E-state index contributed by atoms with van der Waals surface area (Å²) in [6.45, 7) is 17.9. The van der Waals surface area contributed by atoms with Crippen LogP contribution < -0.4 is 6.15 Å². The molecule has 0 rings (SSSR count). The van der Waals surface area contributed by atoms with Gasteiger partial charge < -0.3 is 10.4 Å². The molecule has 0 bridgehead atoms. The van der Waals surface area contributed by atoms with Crippen LogP contribution in [0.15, 0.2) is 0 Å². The van der Waals surface area contributed by atoms with Gasteiger partial charge in [0.25, 0.3) is 0 Å². The highest BCUT2D eigenvalue weighted by Gasteiger charge is 2.34. The number of hydrogen-bond acceptors (Lipinski definition) is 2. The minimum atomic E-state index is -2.24. The highest BCUT2D eigenvalue weighted by molar-refractivity contribution is 7.64. The fraction of sp³-hybridized carbons (Fsp3) is 1.00. The molecule has 0 aromatic rings. The summed E-state index contributed by atoms with van der Waals surface area (Å²) in [7, 11) is -2.39. The van der Waals surface area contributed by atoms with E-state index in [0.717, 1.165) is 24.9 Å². The maximum atomic E-state index is 6.15. The van der Waals surface area contributed by atoms with Gasteiger partial charge in [-0.2, -0.15) is 0 Å². The SMILES string of the molecule is CCC[Si](Cl)(Cl)Cl.C[Si](Cl)(Cl)CCCN([Si](C)(C)C)[Si](C)(C)C.N. The Kier molecular flexibility index (Phi) is 16.3. The molecule has 0 aliphatic carbocycles. The molecule has 3 N–H and O–H groups in total. The normalized spacial score (nSPS) is 13.2. The van der Waals surface area contributed by atoms with Crippen LogP contribution in [0.2, 0.25) is 57.9 Å². The number of rotatable bonds is 8. The minimum Gasteiger partial charge on any atom is -0.346 e. The van der Waals surface area contributed by atoms with Crippen molar-refractivity contribution in [2.24, 2.45) is 0 Å². The molecule has 0 atom stereocenters. The Balaban J connectivity index is -0.000000468. The quantitative estimate of drug-likeness (QED) is 0.264. The third-order valence-electron chi connectivity index (χ3n) is 3.15. The fourth-order valence-electron chi connectivity index (χ4n) is 2.51. The summed E-state index contributed by atoms with van der Waals surface area (Å²) in [6.07, 6.45) is 2.13. The van der Waals surface area contributed by atoms with Gasteiger partial charge >= 0.3 is 6.00 Å². The Labute approximate surface area is 178 Å². The van der Waals surface area contributed by atoms with E-state index in [1.54, 1.807) is 0 Å². The monoisotopic (exact) mass is 508 g/mol. The van der Waals surface area contributed by atoms with Crippen LogP contribution >= 0.6 is 55.4 Å². The van der Waals surface area contributed by atoms with Crippen LogP contribution in [-0.2, 0) is 0 Å². The summed E-state index contributed by atoms with van der Waals surface area (Å²) in [5.41, 5.74) is 0. The molecule has 150 valence electrons. The lowest BCUT2D eigenvalue weighted by Crippen LogP contribution is -2.59. The molecular formula is C13H37Cl5N2Si4. The van der Waals surface area contributed by atoms with E-state index in [1.807, 2.05) is 13.5 Å². The summed E-state index contributed by atoms with van der Waals surface area (Å²) in [5.74, 6) is 0. The Bertz CT molecular complexity index is 308. The molecule has 0 fully saturated rings. The summed E-state index contributed by atoms with van der Waals surface area (Å²) in [6, 6.07) is -0.450. The predicted molar refractivity (Wildman–Crippen MR) is 130 cm³/mol. The molecule has 24 heavy (non-hydrogen) atoms. The van der Waals surface area contributed by atoms with Crippen LogP contribution in [0.1, 0.15) is 19.8 Å². The van der Waals surface area contributed by atoms with Crippen molar-refractivity contribution in [2.75, 3.05) is 6.54 Å². The first-order valence-corrected chi connectivity index (χ1v) is 25.0. The average Bonchev–Trinajstić information content (AvgIpc) is 2.18. The topological polar surface area (TPSA) is 38.2 Å². The van der Waals surface area contributed by atoms with Gasteiger partial charge in [0.05, 0.1) is 0 Å². The second-order valence-electron chi connectivity index (χ2n) is 8.03. The lowest BCUT2D eigenvalue weighted by Gasteiger charge is -2.43. The van der Waals surface area contributed by atoms with E-state index < -0.39 is 29.2 Å². The summed E-state index contributed by atoms with van der Waals surface area (Å²) < 4.78 is 2.80. The zero-order chi connectivity index (χ0) is 19.1. The van der Waals surface area contributed by atoms with Gasteiger partial charge in [-0.3, -0.25) is 0 Å². The lowest BCUT2D eigenvalue weighted by molar-refractivity contribution is 0.600. The molecule has 0 aliphatic heterocycles. The zero-order valence-corrected chi connectivity index (χ0v) is 24.4. The van der Waals surface area contributed by atoms with Gasteiger partial charge in [0.15, 0.2) is 0 Å². The molecule has 0 saturated carbocycles. The van der Waals surface area contributed by atoms with Crippen molar-refractivity contribution in [1.82, 2.24) is 10.4 Å². The highest BCUT2D eigenvalue weighted by Crippen LogP contribution is 2.26. The number of halogens is 5. The Morgan fingerprint density at radius 1 is 0.708 bits per heavy atom. The van der Waals surface area contributed by atoms with Crippen LogP contribution in [0.5, 0.6) is 0 Å². The van der Waals surface area contributed by atoms with Crippen LogP contribution in [0.25, 0.3) is 0 Å². The summed E-state index contributed by atoms with van der Waals surface area (Å²) >= 11 is 28.8. The molecule has 0 saturated heterocycles. The minimum absolute atomic E-state index is 0. The van der Waals surface area contributed by atoms with Crippen LogP contribution in [-0.4, -0.2) is 39.9 Å². The van der Waals surface area contributed by atoms with E-state index in [0.29, 0.717) is 0 Å². The van der Waals surface area contributed by atoms with Crippen molar-refractivity contribution < 1.29 is 0 Å². The third-order valence-corrected chi connectivity index (χ3v) is 16.0. The van der Waals surface area contributed by atoms with Crippen molar-refractivity contribution >= 4 is 84.6 Å². The van der Waals surface area contributed by atoms with Gasteiger partial charge in [0.1, 0.15) is 16.5 Å². The van der Waals surface area contributed by atoms with Crippen LogP contribution in [0, 0.1) is 0 Å². The standard InChI is InChI=1S/C10H27Cl2NSi3.C3H7Cl3Si.H3N/c1-14(2,3)13(15(4,5)6)9-8-10-16(7,11)12;1-2-3-7(4,5)6;/h8-10H2,1-7H3;2-3H2,1H3;1H3. The van der Waals surface area contributed by atoms with Gasteiger partial charge in [0.2, 0.25) is 6.69 Å². The van der Waals surface area contributed by atoms with E-state index in [9.17, 15) is 0 Å². The highest BCUT2D eigenvalue weighted by atomic mass is 35.8. The van der Waals surface area contributed by atoms with E-state index in [4.69, 9.17) is 55.4 Å². The van der Waals surface area contributed by atoms with Crippen molar-refractivity contribution in [3.8, 4) is 0 Å². The molecule has 0 heterocycles. The van der Waals surface area contributed by atoms with E-state index in [1.165, 1.54) is 6.54 Å². The second-order valence-corrected chi connectivity index (χ2v) is 35.7. The molecular weight excluding hydrogens is 474 g/mol. The Hall–Kier alpha value is 2.24. The molecule has 0 radical (unpaired) electrons. The second kappa shape index (κ2) is 12.6. The average molecular weight is 511 g/mol. The van der Waals surface area contributed by atoms with Crippen LogP contribution in [0.4, 0.5) is 0 Å². The molecule has 0 aromatic carbocycles. The number of hydrogen-bond donors (Lipinski definition) is 1. The van der Waals surface area contributed by atoms with Crippen molar-refractivity contribution in [3.05, 3.63) is 0 Å². The maximum Gasteiger partial charge on any atom is 0.341 e. The van der Waals surface area contributed by atoms with Gasteiger partial charge in [-0.15, -0.1) is 55.4 Å².